The SMILES string of the molecule is CCO/C(C)=N\O.CCO/C(C)=N\OS(=O)(=O)c1ccc(C)cc1.Cc1ccc(S(=O)(=O)ON)cc1. The van der Waals surface area contributed by atoms with Crippen LogP contribution in [-0.4, -0.2) is 47.1 Å². The first kappa shape index (κ1) is 32.8. The Hall–Kier alpha value is -3.20. The molecule has 0 aliphatic carbocycles. The molecule has 3 N–H and O–H groups in total. The van der Waals surface area contributed by atoms with Crippen molar-refractivity contribution in [3.05, 3.63) is 59.7 Å². The summed E-state index contributed by atoms with van der Waals surface area (Å²) in [6.07, 6.45) is 0. The van der Waals surface area contributed by atoms with Crippen molar-refractivity contribution in [1.29, 1.82) is 0 Å². The summed E-state index contributed by atoms with van der Waals surface area (Å²) in [6, 6.07) is 12.5. The van der Waals surface area contributed by atoms with Crippen molar-refractivity contribution in [3.63, 3.8) is 0 Å². The van der Waals surface area contributed by atoms with E-state index in [1.807, 2.05) is 20.8 Å². The first-order chi connectivity index (χ1) is 16.8. The van der Waals surface area contributed by atoms with Crippen molar-refractivity contribution in [2.24, 2.45) is 16.2 Å². The Morgan fingerprint density at radius 1 is 0.778 bits per heavy atom. The number of benzene rings is 2. The van der Waals surface area contributed by atoms with Gasteiger partial charge in [-0.05, 0) is 57.1 Å². The van der Waals surface area contributed by atoms with E-state index in [1.54, 1.807) is 38.1 Å². The highest BCUT2D eigenvalue weighted by molar-refractivity contribution is 7.87. The third-order valence-corrected chi connectivity index (χ3v) is 6.08. The van der Waals surface area contributed by atoms with E-state index in [-0.39, 0.29) is 15.7 Å². The molecule has 2 aromatic rings. The average Bonchev–Trinajstić information content (AvgIpc) is 2.84. The molecule has 2 rings (SSSR count). The third kappa shape index (κ3) is 13.0. The van der Waals surface area contributed by atoms with Crippen LogP contribution in [0, 0.1) is 13.8 Å². The molecule has 0 unspecified atom stereocenters. The molecular formula is C22H33N3O9S2. The molecule has 2 aromatic carbocycles. The molecule has 0 saturated heterocycles. The monoisotopic (exact) mass is 547 g/mol. The van der Waals surface area contributed by atoms with Gasteiger partial charge in [0.2, 0.25) is 11.8 Å². The number of nitrogens with two attached hydrogens (primary N) is 1. The zero-order valence-corrected chi connectivity index (χ0v) is 22.7. The lowest BCUT2D eigenvalue weighted by atomic mass is 10.2. The van der Waals surface area contributed by atoms with Crippen LogP contribution in [0.15, 0.2) is 68.6 Å². The molecule has 0 heterocycles. The minimum Gasteiger partial charge on any atom is -0.479 e. The number of oxime groups is 2. The molecule has 202 valence electrons. The summed E-state index contributed by atoms with van der Waals surface area (Å²) >= 11 is 0. The summed E-state index contributed by atoms with van der Waals surface area (Å²) in [4.78, 5) is 0.131. The van der Waals surface area contributed by atoms with E-state index >= 15 is 0 Å². The maximum absolute atomic E-state index is 11.7. The van der Waals surface area contributed by atoms with Gasteiger partial charge in [-0.15, -0.1) is 0 Å². The van der Waals surface area contributed by atoms with E-state index in [2.05, 4.69) is 24.8 Å². The number of hydrogen-bond acceptors (Lipinski definition) is 12. The number of nitrogens with zero attached hydrogens (tertiary/aromatic N) is 2. The maximum atomic E-state index is 11.7. The molecule has 0 aliphatic heterocycles. The predicted octanol–water partition coefficient (Wildman–Crippen LogP) is 3.47. The molecule has 0 radical (unpaired) electrons. The van der Waals surface area contributed by atoms with Gasteiger partial charge >= 0.3 is 20.2 Å². The van der Waals surface area contributed by atoms with E-state index in [0.29, 0.717) is 19.1 Å². The molecular weight excluding hydrogens is 514 g/mol. The lowest BCUT2D eigenvalue weighted by Crippen LogP contribution is -2.10. The van der Waals surface area contributed by atoms with Crippen molar-refractivity contribution in [3.8, 4) is 0 Å². The maximum Gasteiger partial charge on any atom is 0.358 e. The van der Waals surface area contributed by atoms with Gasteiger partial charge in [0.05, 0.1) is 18.1 Å². The fourth-order valence-electron chi connectivity index (χ4n) is 2.08. The zero-order chi connectivity index (χ0) is 27.8. The van der Waals surface area contributed by atoms with Crippen LogP contribution < -0.4 is 5.90 Å². The molecule has 12 nitrogen and oxygen atoms in total. The molecule has 0 amide bonds. The van der Waals surface area contributed by atoms with E-state index < -0.39 is 20.2 Å². The predicted molar refractivity (Wildman–Crippen MR) is 134 cm³/mol. The van der Waals surface area contributed by atoms with E-state index in [0.717, 1.165) is 11.1 Å². The van der Waals surface area contributed by atoms with Crippen LogP contribution in [0.5, 0.6) is 0 Å². The Labute approximate surface area is 212 Å². The van der Waals surface area contributed by atoms with Crippen LogP contribution in [0.1, 0.15) is 38.8 Å². The summed E-state index contributed by atoms with van der Waals surface area (Å²) in [5.74, 6) is 5.07. The third-order valence-electron chi connectivity index (χ3n) is 3.86. The second-order valence-corrected chi connectivity index (χ2v) is 9.90. The van der Waals surface area contributed by atoms with E-state index in [9.17, 15) is 16.8 Å². The van der Waals surface area contributed by atoms with Gasteiger partial charge in [0, 0.05) is 13.8 Å². The fraction of sp³-hybridized carbons (Fsp3) is 0.364. The Balaban J connectivity index is 0.000000561. The molecule has 0 fully saturated rings. The van der Waals surface area contributed by atoms with Gasteiger partial charge in [-0.2, -0.15) is 27.0 Å². The highest BCUT2D eigenvalue weighted by atomic mass is 32.2. The molecule has 0 saturated carbocycles. The minimum absolute atomic E-state index is 0.0654. The Morgan fingerprint density at radius 3 is 1.50 bits per heavy atom. The van der Waals surface area contributed by atoms with Crippen molar-refractivity contribution in [2.75, 3.05) is 13.2 Å². The lowest BCUT2D eigenvalue weighted by Gasteiger charge is -2.03. The van der Waals surface area contributed by atoms with Crippen LogP contribution in [-0.2, 0) is 38.3 Å². The normalized spacial score (nSPS) is 11.9. The first-order valence-electron chi connectivity index (χ1n) is 10.5. The molecule has 0 spiro atoms. The average molecular weight is 548 g/mol. The smallest absolute Gasteiger partial charge is 0.358 e. The zero-order valence-electron chi connectivity index (χ0n) is 21.0. The van der Waals surface area contributed by atoms with Gasteiger partial charge < -0.3 is 14.7 Å². The quantitative estimate of drug-likeness (QED) is 0.226. The lowest BCUT2D eigenvalue weighted by molar-refractivity contribution is 0.263. The first-order valence-corrected chi connectivity index (χ1v) is 13.3. The van der Waals surface area contributed by atoms with Crippen LogP contribution in [0.2, 0.25) is 0 Å². The van der Waals surface area contributed by atoms with E-state index in [4.69, 9.17) is 14.7 Å². The highest BCUT2D eigenvalue weighted by Crippen LogP contribution is 2.13. The summed E-state index contributed by atoms with van der Waals surface area (Å²) in [5, 5.41) is 14.1. The van der Waals surface area contributed by atoms with E-state index in [1.165, 1.54) is 31.2 Å². The second kappa shape index (κ2) is 16.5. The van der Waals surface area contributed by atoms with Crippen molar-refractivity contribution in [1.82, 2.24) is 0 Å². The van der Waals surface area contributed by atoms with Gasteiger partial charge in [-0.25, -0.2) is 0 Å². The Bertz CT molecular complexity index is 1180. The standard InChI is InChI=1S/C11H15NO4S.C7H9NO3S.C4H9NO2/c1-4-15-10(3)12-16-17(13,14)11-7-5-9(2)6-8-11;1-6-2-4-7(5-3-6)12(9,10)11-8;1-3-7-4(2)5-6/h5-8H,4H2,1-3H3;2-5H,8H2,1H3;6H,3H2,1-2H3/b12-10-;;5-4-. The molecule has 14 heteroatoms. The van der Waals surface area contributed by atoms with Crippen molar-refractivity contribution < 1.29 is 40.1 Å². The van der Waals surface area contributed by atoms with Crippen molar-refractivity contribution >= 4 is 32.0 Å². The number of rotatable bonds is 7. The largest absolute Gasteiger partial charge is 0.479 e. The van der Waals surface area contributed by atoms with Gasteiger partial charge in [0.15, 0.2) is 0 Å². The van der Waals surface area contributed by atoms with Gasteiger partial charge in [-0.3, -0.25) is 4.28 Å². The number of aryl methyl sites for hydroxylation is 2. The summed E-state index contributed by atoms with van der Waals surface area (Å²) in [6.45, 7) is 11.4. The molecule has 0 atom stereocenters. The van der Waals surface area contributed by atoms with Gasteiger partial charge in [0.1, 0.15) is 4.90 Å². The Kier molecular flexibility index (Phi) is 15.0. The van der Waals surface area contributed by atoms with Crippen LogP contribution in [0.25, 0.3) is 0 Å². The summed E-state index contributed by atoms with van der Waals surface area (Å²) in [7, 11) is -7.60. The molecule has 0 bridgehead atoms. The Morgan fingerprint density at radius 2 is 1.17 bits per heavy atom. The molecule has 0 aromatic heterocycles. The minimum atomic E-state index is -3.86. The van der Waals surface area contributed by atoms with Crippen LogP contribution in [0.4, 0.5) is 0 Å². The number of hydrogen-bond donors (Lipinski definition) is 2. The van der Waals surface area contributed by atoms with Crippen LogP contribution >= 0.6 is 0 Å². The molecule has 0 aliphatic rings. The van der Waals surface area contributed by atoms with Crippen LogP contribution in [0.3, 0.4) is 0 Å². The highest BCUT2D eigenvalue weighted by Gasteiger charge is 2.15. The second-order valence-electron chi connectivity index (χ2n) is 6.80. The molecule has 36 heavy (non-hydrogen) atoms. The number of ether oxygens (including phenoxy) is 2. The topological polar surface area (TPSA) is 176 Å². The van der Waals surface area contributed by atoms with Gasteiger partial charge in [0.25, 0.3) is 0 Å². The summed E-state index contributed by atoms with van der Waals surface area (Å²) < 4.78 is 63.2. The van der Waals surface area contributed by atoms with Gasteiger partial charge in [-0.1, -0.05) is 40.5 Å². The van der Waals surface area contributed by atoms with Crippen molar-refractivity contribution in [2.45, 2.75) is 51.3 Å². The fourth-order valence-corrected chi connectivity index (χ4v) is 3.42. The summed E-state index contributed by atoms with van der Waals surface area (Å²) in [5.41, 5.74) is 1.95.